The highest BCUT2D eigenvalue weighted by molar-refractivity contribution is 6.19. The number of hydrogen-bond donors (Lipinski definition) is 2. The van der Waals surface area contributed by atoms with Gasteiger partial charge in [-0.3, -0.25) is 9.59 Å². The molecule has 1 aromatic heterocycles. The van der Waals surface area contributed by atoms with E-state index >= 15 is 0 Å². The first-order valence-corrected chi connectivity index (χ1v) is 11.0. The number of anilines is 2. The standard InChI is InChI=1S/C28H22N2O4/c1-2-33-24-17-8-6-15-22(24)29-28(32)26-25(21-13-5-7-16-23(21)34-26)30-27(31)20-14-9-11-18-10-3-4-12-19(18)20/h3-17H,2H2,1H3,(H,29,32)(H,30,31). The van der Waals surface area contributed by atoms with Crippen molar-refractivity contribution in [2.45, 2.75) is 6.92 Å². The van der Waals surface area contributed by atoms with Crippen LogP contribution in [0.3, 0.4) is 0 Å². The Balaban J connectivity index is 1.53. The van der Waals surface area contributed by atoms with Crippen LogP contribution in [0.2, 0.25) is 0 Å². The molecule has 5 rings (SSSR count). The molecule has 0 saturated heterocycles. The lowest BCUT2D eigenvalue weighted by Crippen LogP contribution is -2.17. The molecule has 0 spiro atoms. The van der Waals surface area contributed by atoms with Crippen molar-refractivity contribution in [2.24, 2.45) is 0 Å². The van der Waals surface area contributed by atoms with Gasteiger partial charge < -0.3 is 19.8 Å². The molecule has 0 aliphatic rings. The van der Waals surface area contributed by atoms with Crippen LogP contribution in [0, 0.1) is 0 Å². The van der Waals surface area contributed by atoms with Gasteiger partial charge in [0, 0.05) is 10.9 Å². The first-order valence-electron chi connectivity index (χ1n) is 11.0. The zero-order chi connectivity index (χ0) is 23.5. The number of fused-ring (bicyclic) bond motifs is 2. The van der Waals surface area contributed by atoms with E-state index < -0.39 is 5.91 Å². The summed E-state index contributed by atoms with van der Waals surface area (Å²) >= 11 is 0. The van der Waals surface area contributed by atoms with E-state index in [-0.39, 0.29) is 11.7 Å². The Kier molecular flexibility index (Phi) is 5.70. The van der Waals surface area contributed by atoms with E-state index in [2.05, 4.69) is 10.6 Å². The number of nitrogens with one attached hydrogen (secondary N) is 2. The van der Waals surface area contributed by atoms with Crippen molar-refractivity contribution in [3.05, 3.63) is 102 Å². The van der Waals surface area contributed by atoms with Gasteiger partial charge in [0.2, 0.25) is 5.76 Å². The van der Waals surface area contributed by atoms with E-state index in [9.17, 15) is 9.59 Å². The molecule has 2 amide bonds. The quantitative estimate of drug-likeness (QED) is 0.310. The Labute approximate surface area is 196 Å². The maximum Gasteiger partial charge on any atom is 0.293 e. The topological polar surface area (TPSA) is 80.6 Å². The van der Waals surface area contributed by atoms with E-state index in [1.54, 1.807) is 30.3 Å². The fourth-order valence-electron chi connectivity index (χ4n) is 3.96. The molecule has 0 aliphatic carbocycles. The SMILES string of the molecule is CCOc1ccccc1NC(=O)c1oc2ccccc2c1NC(=O)c1cccc2ccccc12. The predicted octanol–water partition coefficient (Wildman–Crippen LogP) is 6.49. The van der Waals surface area contributed by atoms with Crippen LogP contribution in [0.1, 0.15) is 27.8 Å². The number of hydrogen-bond acceptors (Lipinski definition) is 4. The summed E-state index contributed by atoms with van der Waals surface area (Å²) in [5.74, 6) is -0.249. The van der Waals surface area contributed by atoms with Gasteiger partial charge in [-0.15, -0.1) is 0 Å². The molecule has 0 bridgehead atoms. The molecule has 1 heterocycles. The van der Waals surface area contributed by atoms with Gasteiger partial charge in [-0.05, 0) is 48.0 Å². The molecular weight excluding hydrogens is 428 g/mol. The van der Waals surface area contributed by atoms with Crippen LogP contribution in [-0.2, 0) is 0 Å². The van der Waals surface area contributed by atoms with Gasteiger partial charge in [0.25, 0.3) is 11.8 Å². The number of benzene rings is 4. The zero-order valence-electron chi connectivity index (χ0n) is 18.5. The third-order valence-corrected chi connectivity index (χ3v) is 5.51. The summed E-state index contributed by atoms with van der Waals surface area (Å²) in [6, 6.07) is 27.6. The Bertz CT molecular complexity index is 1510. The minimum Gasteiger partial charge on any atom is -0.492 e. The number of carbonyl (C=O) groups excluding carboxylic acids is 2. The van der Waals surface area contributed by atoms with Crippen molar-refractivity contribution < 1.29 is 18.7 Å². The van der Waals surface area contributed by atoms with E-state index in [1.165, 1.54) is 0 Å². The van der Waals surface area contributed by atoms with E-state index in [0.29, 0.717) is 40.3 Å². The summed E-state index contributed by atoms with van der Waals surface area (Å²) in [5.41, 5.74) is 1.84. The average molecular weight is 450 g/mol. The Morgan fingerprint density at radius 3 is 2.32 bits per heavy atom. The molecule has 0 saturated carbocycles. The van der Waals surface area contributed by atoms with Crippen LogP contribution in [0.5, 0.6) is 5.75 Å². The molecule has 0 aliphatic heterocycles. The van der Waals surface area contributed by atoms with Gasteiger partial charge in [-0.1, -0.05) is 60.7 Å². The van der Waals surface area contributed by atoms with E-state index in [4.69, 9.17) is 9.15 Å². The Morgan fingerprint density at radius 1 is 0.765 bits per heavy atom. The van der Waals surface area contributed by atoms with Crippen molar-refractivity contribution >= 4 is 44.9 Å². The molecule has 168 valence electrons. The van der Waals surface area contributed by atoms with Crippen molar-refractivity contribution in [1.82, 2.24) is 0 Å². The van der Waals surface area contributed by atoms with Gasteiger partial charge in [0.05, 0.1) is 12.3 Å². The highest BCUT2D eigenvalue weighted by Gasteiger charge is 2.24. The monoisotopic (exact) mass is 450 g/mol. The molecule has 4 aromatic carbocycles. The normalized spacial score (nSPS) is 10.9. The second-order valence-electron chi connectivity index (χ2n) is 7.67. The van der Waals surface area contributed by atoms with Crippen molar-refractivity contribution in [2.75, 3.05) is 17.2 Å². The van der Waals surface area contributed by atoms with Crippen LogP contribution < -0.4 is 15.4 Å². The number of carbonyl (C=O) groups is 2. The summed E-state index contributed by atoms with van der Waals surface area (Å²) in [7, 11) is 0. The third-order valence-electron chi connectivity index (χ3n) is 5.51. The summed E-state index contributed by atoms with van der Waals surface area (Å²) in [4.78, 5) is 26.6. The number of ether oxygens (including phenoxy) is 1. The number of amides is 2. The second-order valence-corrected chi connectivity index (χ2v) is 7.67. The Hall–Kier alpha value is -4.58. The van der Waals surface area contributed by atoms with Crippen molar-refractivity contribution in [1.29, 1.82) is 0 Å². The molecule has 0 radical (unpaired) electrons. The minimum absolute atomic E-state index is 0.0149. The lowest BCUT2D eigenvalue weighted by Gasteiger charge is -2.12. The Morgan fingerprint density at radius 2 is 1.47 bits per heavy atom. The average Bonchev–Trinajstić information content (AvgIpc) is 3.23. The van der Waals surface area contributed by atoms with Gasteiger partial charge in [-0.2, -0.15) is 0 Å². The van der Waals surface area contributed by atoms with Gasteiger partial charge >= 0.3 is 0 Å². The van der Waals surface area contributed by atoms with Crippen molar-refractivity contribution in [3.8, 4) is 5.75 Å². The molecule has 5 aromatic rings. The summed E-state index contributed by atoms with van der Waals surface area (Å²) in [5, 5.41) is 8.19. The largest absolute Gasteiger partial charge is 0.492 e. The lowest BCUT2D eigenvalue weighted by molar-refractivity contribution is 0.0999. The van der Waals surface area contributed by atoms with Crippen LogP contribution in [0.15, 0.2) is 95.4 Å². The summed E-state index contributed by atoms with van der Waals surface area (Å²) in [6.07, 6.45) is 0. The van der Waals surface area contributed by atoms with E-state index in [0.717, 1.165) is 10.8 Å². The number of rotatable bonds is 6. The van der Waals surface area contributed by atoms with Crippen LogP contribution in [0.25, 0.3) is 21.7 Å². The molecule has 6 nitrogen and oxygen atoms in total. The van der Waals surface area contributed by atoms with Crippen LogP contribution in [0.4, 0.5) is 11.4 Å². The maximum absolute atomic E-state index is 13.3. The first kappa shape index (κ1) is 21.3. The van der Waals surface area contributed by atoms with Gasteiger partial charge in [-0.25, -0.2) is 0 Å². The highest BCUT2D eigenvalue weighted by Crippen LogP contribution is 2.33. The van der Waals surface area contributed by atoms with Crippen LogP contribution in [-0.4, -0.2) is 18.4 Å². The number of para-hydroxylation sites is 3. The summed E-state index contributed by atoms with van der Waals surface area (Å²) in [6.45, 7) is 2.34. The van der Waals surface area contributed by atoms with Gasteiger partial charge in [0.1, 0.15) is 17.0 Å². The summed E-state index contributed by atoms with van der Waals surface area (Å²) < 4.78 is 11.5. The smallest absolute Gasteiger partial charge is 0.293 e. The van der Waals surface area contributed by atoms with Gasteiger partial charge in [0.15, 0.2) is 0 Å². The molecule has 0 unspecified atom stereocenters. The molecule has 6 heteroatoms. The predicted molar refractivity (Wildman–Crippen MR) is 134 cm³/mol. The minimum atomic E-state index is -0.489. The van der Waals surface area contributed by atoms with Crippen molar-refractivity contribution in [3.63, 3.8) is 0 Å². The molecular formula is C28H22N2O4. The number of furan rings is 1. The van der Waals surface area contributed by atoms with Crippen LogP contribution >= 0.6 is 0 Å². The fourth-order valence-corrected chi connectivity index (χ4v) is 3.96. The second kappa shape index (κ2) is 9.11. The molecule has 0 atom stereocenters. The molecule has 2 N–H and O–H groups in total. The third kappa shape index (κ3) is 3.97. The maximum atomic E-state index is 13.3. The zero-order valence-corrected chi connectivity index (χ0v) is 18.5. The first-order chi connectivity index (χ1) is 16.7. The molecule has 34 heavy (non-hydrogen) atoms. The lowest BCUT2D eigenvalue weighted by atomic mass is 10.0. The molecule has 0 fully saturated rings. The highest BCUT2D eigenvalue weighted by atomic mass is 16.5. The fraction of sp³-hybridized carbons (Fsp3) is 0.0714. The van der Waals surface area contributed by atoms with E-state index in [1.807, 2.05) is 67.6 Å².